The first-order valence-corrected chi connectivity index (χ1v) is 7.32. The van der Waals surface area contributed by atoms with Gasteiger partial charge in [-0.1, -0.05) is 34.8 Å². The van der Waals surface area contributed by atoms with Gasteiger partial charge in [0.2, 0.25) is 0 Å². The number of hydrogen-bond acceptors (Lipinski definition) is 2. The van der Waals surface area contributed by atoms with Gasteiger partial charge in [0.1, 0.15) is 0 Å². The molecule has 0 heterocycles. The molecule has 0 atom stereocenters. The lowest BCUT2D eigenvalue weighted by atomic mass is 10.2. The van der Waals surface area contributed by atoms with Gasteiger partial charge in [-0.05, 0) is 46.3 Å². The quantitative estimate of drug-likeness (QED) is 0.540. The lowest BCUT2D eigenvalue weighted by molar-refractivity contribution is 0.102. The number of rotatable bonds is 2. The Morgan fingerprint density at radius 2 is 1.70 bits per heavy atom. The minimum Gasteiger partial charge on any atom is -0.398 e. The number of benzene rings is 2. The summed E-state index contributed by atoms with van der Waals surface area (Å²) in [5.74, 6) is -0.328. The number of carbonyl (C=O) groups excluding carboxylic acids is 1. The molecule has 7 heteroatoms. The smallest absolute Gasteiger partial charge is 0.255 e. The van der Waals surface area contributed by atoms with Crippen molar-refractivity contribution in [1.82, 2.24) is 0 Å². The van der Waals surface area contributed by atoms with E-state index in [2.05, 4.69) is 21.2 Å². The van der Waals surface area contributed by atoms with Gasteiger partial charge < -0.3 is 11.1 Å². The van der Waals surface area contributed by atoms with Crippen molar-refractivity contribution in [3.63, 3.8) is 0 Å². The third-order valence-electron chi connectivity index (χ3n) is 2.52. The van der Waals surface area contributed by atoms with E-state index in [1.54, 1.807) is 18.2 Å². The van der Waals surface area contributed by atoms with E-state index in [1.165, 1.54) is 12.1 Å². The molecule has 0 spiro atoms. The summed E-state index contributed by atoms with van der Waals surface area (Å²) in [5, 5.41) is 3.61. The predicted octanol–water partition coefficient (Wildman–Crippen LogP) is 5.24. The second kappa shape index (κ2) is 6.22. The molecule has 0 bridgehead atoms. The van der Waals surface area contributed by atoms with Gasteiger partial charge >= 0.3 is 0 Å². The third-order valence-corrected chi connectivity index (χ3v) is 4.24. The van der Waals surface area contributed by atoms with Crippen LogP contribution in [0.4, 0.5) is 11.4 Å². The molecule has 0 saturated carbocycles. The van der Waals surface area contributed by atoms with Crippen LogP contribution in [0.25, 0.3) is 0 Å². The summed E-state index contributed by atoms with van der Waals surface area (Å²) in [7, 11) is 0. The molecule has 0 aliphatic carbocycles. The first-order chi connectivity index (χ1) is 9.38. The molecule has 1 amide bonds. The largest absolute Gasteiger partial charge is 0.398 e. The van der Waals surface area contributed by atoms with Crippen LogP contribution in [-0.2, 0) is 0 Å². The first kappa shape index (κ1) is 15.4. The molecule has 3 N–H and O–H groups in total. The number of amides is 1. The van der Waals surface area contributed by atoms with Crippen LogP contribution in [0.15, 0.2) is 34.8 Å². The topological polar surface area (TPSA) is 55.1 Å². The monoisotopic (exact) mass is 392 g/mol. The zero-order valence-corrected chi connectivity index (χ0v) is 13.7. The fourth-order valence-electron chi connectivity index (χ4n) is 1.48. The number of hydrogen-bond donors (Lipinski definition) is 2. The van der Waals surface area contributed by atoms with E-state index in [4.69, 9.17) is 40.5 Å². The first-order valence-electron chi connectivity index (χ1n) is 5.39. The number of nitrogens with two attached hydrogens (primary N) is 1. The Kier molecular flexibility index (Phi) is 4.81. The van der Waals surface area contributed by atoms with Crippen molar-refractivity contribution in [1.29, 1.82) is 0 Å². The molecule has 3 nitrogen and oxygen atoms in total. The summed E-state index contributed by atoms with van der Waals surface area (Å²) < 4.78 is 0.644. The molecule has 0 unspecified atom stereocenters. The highest BCUT2D eigenvalue weighted by Crippen LogP contribution is 2.32. The van der Waals surface area contributed by atoms with Crippen LogP contribution in [0.5, 0.6) is 0 Å². The Morgan fingerprint density at radius 1 is 1.05 bits per heavy atom. The van der Waals surface area contributed by atoms with Crippen LogP contribution in [-0.4, -0.2) is 5.91 Å². The molecule has 0 fully saturated rings. The number of anilines is 2. The summed E-state index contributed by atoms with van der Waals surface area (Å²) in [6.45, 7) is 0. The van der Waals surface area contributed by atoms with E-state index < -0.39 is 0 Å². The lowest BCUT2D eigenvalue weighted by Gasteiger charge is -2.09. The molecule has 0 aliphatic rings. The Bertz CT molecular complexity index is 692. The zero-order chi connectivity index (χ0) is 14.9. The highest BCUT2D eigenvalue weighted by molar-refractivity contribution is 9.10. The SMILES string of the molecule is Nc1ccc(C(=O)Nc2cc(Cl)c(Cl)cc2Cl)cc1Br. The van der Waals surface area contributed by atoms with E-state index in [9.17, 15) is 4.79 Å². The van der Waals surface area contributed by atoms with E-state index in [-0.39, 0.29) is 5.91 Å². The number of carbonyl (C=O) groups is 1. The van der Waals surface area contributed by atoms with Crippen molar-refractivity contribution >= 4 is 68.0 Å². The molecule has 0 radical (unpaired) electrons. The van der Waals surface area contributed by atoms with E-state index >= 15 is 0 Å². The van der Waals surface area contributed by atoms with Gasteiger partial charge in [0, 0.05) is 15.7 Å². The average molecular weight is 394 g/mol. The molecule has 0 aromatic heterocycles. The normalized spacial score (nSPS) is 10.4. The van der Waals surface area contributed by atoms with Crippen molar-refractivity contribution in [3.05, 3.63) is 55.4 Å². The van der Waals surface area contributed by atoms with Crippen LogP contribution < -0.4 is 11.1 Å². The fraction of sp³-hybridized carbons (Fsp3) is 0. The minimum atomic E-state index is -0.328. The Morgan fingerprint density at radius 3 is 2.35 bits per heavy atom. The van der Waals surface area contributed by atoms with Crippen LogP contribution in [0.1, 0.15) is 10.4 Å². The molecule has 104 valence electrons. The van der Waals surface area contributed by atoms with Crippen LogP contribution >= 0.6 is 50.7 Å². The van der Waals surface area contributed by atoms with Crippen LogP contribution in [0.2, 0.25) is 15.1 Å². The van der Waals surface area contributed by atoms with E-state index in [0.717, 1.165) is 0 Å². The summed E-state index contributed by atoms with van der Waals surface area (Å²) >= 11 is 21.0. The van der Waals surface area contributed by atoms with Crippen molar-refractivity contribution in [3.8, 4) is 0 Å². The minimum absolute atomic E-state index is 0.308. The highest BCUT2D eigenvalue weighted by atomic mass is 79.9. The number of halogens is 4. The third kappa shape index (κ3) is 3.38. The van der Waals surface area contributed by atoms with Gasteiger partial charge in [0.15, 0.2) is 0 Å². The molecular weight excluding hydrogens is 386 g/mol. The van der Waals surface area contributed by atoms with Crippen molar-refractivity contribution < 1.29 is 4.79 Å². The second-order valence-electron chi connectivity index (χ2n) is 3.94. The summed E-state index contributed by atoms with van der Waals surface area (Å²) in [4.78, 5) is 12.1. The van der Waals surface area contributed by atoms with Gasteiger partial charge in [-0.2, -0.15) is 0 Å². The standard InChI is InChI=1S/C13H8BrCl3N2O/c14-7-3-6(1-2-11(7)18)13(20)19-12-5-9(16)8(15)4-10(12)17/h1-5H,18H2,(H,19,20). The van der Waals surface area contributed by atoms with Crippen molar-refractivity contribution in [2.75, 3.05) is 11.1 Å². The maximum absolute atomic E-state index is 12.1. The molecule has 0 aliphatic heterocycles. The number of nitrogens with one attached hydrogen (secondary N) is 1. The van der Waals surface area contributed by atoms with Gasteiger partial charge in [-0.25, -0.2) is 0 Å². The Balaban J connectivity index is 2.27. The van der Waals surface area contributed by atoms with Crippen LogP contribution in [0, 0.1) is 0 Å². The maximum Gasteiger partial charge on any atom is 0.255 e. The Labute approximate surface area is 139 Å². The van der Waals surface area contributed by atoms with Crippen LogP contribution in [0.3, 0.4) is 0 Å². The summed E-state index contributed by atoms with van der Waals surface area (Å²) in [6.07, 6.45) is 0. The van der Waals surface area contributed by atoms with E-state index in [0.29, 0.717) is 36.5 Å². The van der Waals surface area contributed by atoms with Gasteiger partial charge in [-0.3, -0.25) is 4.79 Å². The average Bonchev–Trinajstić information content (AvgIpc) is 2.39. The predicted molar refractivity (Wildman–Crippen MR) is 88.0 cm³/mol. The van der Waals surface area contributed by atoms with Crippen molar-refractivity contribution in [2.45, 2.75) is 0 Å². The molecule has 0 saturated heterocycles. The van der Waals surface area contributed by atoms with Gasteiger partial charge in [0.05, 0.1) is 20.8 Å². The summed E-state index contributed by atoms with van der Waals surface area (Å²) in [5.41, 5.74) is 7.05. The van der Waals surface area contributed by atoms with Gasteiger partial charge in [-0.15, -0.1) is 0 Å². The molecule has 20 heavy (non-hydrogen) atoms. The fourth-order valence-corrected chi connectivity index (χ4v) is 2.45. The Hall–Kier alpha value is -0.940. The molecule has 2 rings (SSSR count). The second-order valence-corrected chi connectivity index (χ2v) is 6.01. The zero-order valence-electron chi connectivity index (χ0n) is 9.88. The number of nitrogen functional groups attached to an aromatic ring is 1. The lowest BCUT2D eigenvalue weighted by Crippen LogP contribution is -2.12. The van der Waals surface area contributed by atoms with Crippen molar-refractivity contribution in [2.24, 2.45) is 0 Å². The highest BCUT2D eigenvalue weighted by Gasteiger charge is 2.12. The molecular formula is C13H8BrCl3N2O. The van der Waals surface area contributed by atoms with Gasteiger partial charge in [0.25, 0.3) is 5.91 Å². The maximum atomic E-state index is 12.1. The molecule has 2 aromatic carbocycles. The molecule has 2 aromatic rings. The van der Waals surface area contributed by atoms with E-state index in [1.807, 2.05) is 0 Å². The summed E-state index contributed by atoms with van der Waals surface area (Å²) in [6, 6.07) is 7.84.